The van der Waals surface area contributed by atoms with E-state index in [2.05, 4.69) is 10.3 Å². The molecular formula is C18H19ClN2O4. The number of aromatic nitrogens is 1. The molecule has 3 rings (SSSR count). The number of halogens is 1. The fourth-order valence-corrected chi connectivity index (χ4v) is 2.70. The van der Waals surface area contributed by atoms with E-state index < -0.39 is 0 Å². The molecule has 1 unspecified atom stereocenters. The van der Waals surface area contributed by atoms with Gasteiger partial charge in [-0.3, -0.25) is 4.79 Å². The average Bonchev–Trinajstić information content (AvgIpc) is 3.12. The number of nitrogens with zero attached hydrogens (tertiary/aromatic N) is 1. The highest BCUT2D eigenvalue weighted by molar-refractivity contribution is 6.32. The third kappa shape index (κ3) is 4.69. The van der Waals surface area contributed by atoms with Crippen LogP contribution in [0.1, 0.15) is 22.3 Å². The highest BCUT2D eigenvalue weighted by atomic mass is 35.5. The fourth-order valence-electron chi connectivity index (χ4n) is 2.49. The number of carbonyl (C=O) groups excluding carboxylic acids is 1. The lowest BCUT2D eigenvalue weighted by molar-refractivity contribution is 0.102. The third-order valence-electron chi connectivity index (χ3n) is 3.85. The van der Waals surface area contributed by atoms with Gasteiger partial charge in [-0.05, 0) is 30.2 Å². The molecule has 0 aliphatic carbocycles. The second kappa shape index (κ2) is 8.29. The van der Waals surface area contributed by atoms with Crippen LogP contribution in [0.3, 0.4) is 0 Å². The Labute approximate surface area is 150 Å². The molecule has 1 amide bonds. The van der Waals surface area contributed by atoms with Crippen molar-refractivity contribution in [1.82, 2.24) is 4.98 Å². The predicted octanol–water partition coefficient (Wildman–Crippen LogP) is 2.69. The topological polar surface area (TPSA) is 80.7 Å². The fraction of sp³-hybridized carbons (Fsp3) is 0.333. The summed E-state index contributed by atoms with van der Waals surface area (Å²) in [4.78, 5) is 16.5. The number of hydrogen-bond acceptors (Lipinski definition) is 5. The Kier molecular flexibility index (Phi) is 5.86. The number of hydrogen-bond donors (Lipinski definition) is 2. The zero-order chi connectivity index (χ0) is 17.6. The SMILES string of the molecule is O=C(Nc1ccc(CCO)cc1)c1cnc(OC2CCOC2)c(Cl)c1. The van der Waals surface area contributed by atoms with Crippen molar-refractivity contribution in [1.29, 1.82) is 0 Å². The van der Waals surface area contributed by atoms with E-state index in [1.165, 1.54) is 12.3 Å². The smallest absolute Gasteiger partial charge is 0.257 e. The van der Waals surface area contributed by atoms with Gasteiger partial charge >= 0.3 is 0 Å². The minimum absolute atomic E-state index is 0.0536. The summed E-state index contributed by atoms with van der Waals surface area (Å²) in [6.07, 6.45) is 2.77. The van der Waals surface area contributed by atoms with E-state index in [4.69, 9.17) is 26.2 Å². The van der Waals surface area contributed by atoms with E-state index >= 15 is 0 Å². The van der Waals surface area contributed by atoms with Gasteiger partial charge in [0.15, 0.2) is 0 Å². The van der Waals surface area contributed by atoms with Crippen LogP contribution in [0.2, 0.25) is 5.02 Å². The first-order valence-electron chi connectivity index (χ1n) is 8.07. The number of aliphatic hydroxyl groups is 1. The van der Waals surface area contributed by atoms with Crippen molar-refractivity contribution in [3.63, 3.8) is 0 Å². The largest absolute Gasteiger partial charge is 0.471 e. The van der Waals surface area contributed by atoms with Gasteiger partial charge in [0.05, 0.1) is 18.8 Å². The molecule has 0 spiro atoms. The molecule has 0 radical (unpaired) electrons. The average molecular weight is 363 g/mol. The van der Waals surface area contributed by atoms with Gasteiger partial charge in [0.2, 0.25) is 5.88 Å². The summed E-state index contributed by atoms with van der Waals surface area (Å²) in [5.41, 5.74) is 2.01. The number of aliphatic hydroxyl groups excluding tert-OH is 1. The first-order chi connectivity index (χ1) is 12.2. The van der Waals surface area contributed by atoms with E-state index in [0.29, 0.717) is 36.8 Å². The zero-order valence-electron chi connectivity index (χ0n) is 13.6. The molecule has 1 saturated heterocycles. The molecule has 1 aromatic heterocycles. The summed E-state index contributed by atoms with van der Waals surface area (Å²) in [7, 11) is 0. The number of pyridine rings is 1. The second-order valence-corrected chi connectivity index (χ2v) is 6.15. The van der Waals surface area contributed by atoms with Crippen LogP contribution in [0.5, 0.6) is 5.88 Å². The number of amides is 1. The normalized spacial score (nSPS) is 16.6. The highest BCUT2D eigenvalue weighted by Gasteiger charge is 2.20. The third-order valence-corrected chi connectivity index (χ3v) is 4.12. The van der Waals surface area contributed by atoms with Crippen molar-refractivity contribution in [3.8, 4) is 5.88 Å². The lowest BCUT2D eigenvalue weighted by Crippen LogP contribution is -2.17. The van der Waals surface area contributed by atoms with Crippen molar-refractivity contribution < 1.29 is 19.4 Å². The molecule has 132 valence electrons. The number of ether oxygens (including phenoxy) is 2. The summed E-state index contributed by atoms with van der Waals surface area (Å²) in [5.74, 6) is 0.00197. The molecular weight excluding hydrogens is 344 g/mol. The number of anilines is 1. The molecule has 1 aliphatic heterocycles. The van der Waals surface area contributed by atoms with Crippen LogP contribution in [-0.4, -0.2) is 41.9 Å². The lowest BCUT2D eigenvalue weighted by Gasteiger charge is -2.12. The number of rotatable bonds is 6. The van der Waals surface area contributed by atoms with Crippen LogP contribution in [0.4, 0.5) is 5.69 Å². The van der Waals surface area contributed by atoms with Crippen molar-refractivity contribution in [2.75, 3.05) is 25.1 Å². The quantitative estimate of drug-likeness (QED) is 0.825. The van der Waals surface area contributed by atoms with E-state index in [9.17, 15) is 4.79 Å². The van der Waals surface area contributed by atoms with Crippen molar-refractivity contribution >= 4 is 23.2 Å². The summed E-state index contributed by atoms with van der Waals surface area (Å²) in [6.45, 7) is 1.28. The Morgan fingerprint density at radius 2 is 2.20 bits per heavy atom. The molecule has 1 aliphatic rings. The van der Waals surface area contributed by atoms with E-state index in [-0.39, 0.29) is 23.6 Å². The summed E-state index contributed by atoms with van der Waals surface area (Å²) < 4.78 is 10.9. The second-order valence-electron chi connectivity index (χ2n) is 5.74. The minimum Gasteiger partial charge on any atom is -0.471 e. The maximum absolute atomic E-state index is 12.3. The first-order valence-corrected chi connectivity index (χ1v) is 8.44. The Morgan fingerprint density at radius 3 is 2.84 bits per heavy atom. The van der Waals surface area contributed by atoms with Gasteiger partial charge in [-0.1, -0.05) is 23.7 Å². The van der Waals surface area contributed by atoms with Crippen LogP contribution >= 0.6 is 11.6 Å². The van der Waals surface area contributed by atoms with Gasteiger partial charge in [0, 0.05) is 24.9 Å². The maximum Gasteiger partial charge on any atom is 0.257 e. The van der Waals surface area contributed by atoms with Crippen LogP contribution in [-0.2, 0) is 11.2 Å². The van der Waals surface area contributed by atoms with E-state index in [1.807, 2.05) is 12.1 Å². The Hall–Kier alpha value is -2.15. The summed E-state index contributed by atoms with van der Waals surface area (Å²) >= 11 is 6.18. The molecule has 7 heteroatoms. The molecule has 0 saturated carbocycles. The number of carbonyl (C=O) groups is 1. The molecule has 1 aromatic carbocycles. The summed E-state index contributed by atoms with van der Waals surface area (Å²) in [5, 5.41) is 12.0. The molecule has 2 N–H and O–H groups in total. The van der Waals surface area contributed by atoms with Crippen LogP contribution < -0.4 is 10.1 Å². The number of benzene rings is 1. The Balaban J connectivity index is 1.64. The molecule has 1 fully saturated rings. The van der Waals surface area contributed by atoms with Crippen LogP contribution in [0.15, 0.2) is 36.5 Å². The van der Waals surface area contributed by atoms with Crippen molar-refractivity contribution in [2.24, 2.45) is 0 Å². The Morgan fingerprint density at radius 1 is 1.40 bits per heavy atom. The standard InChI is InChI=1S/C18H19ClN2O4/c19-16-9-13(10-20-18(16)25-15-6-8-24-11-15)17(23)21-14-3-1-12(2-4-14)5-7-22/h1-4,9-10,15,22H,5-8,11H2,(H,21,23). The van der Waals surface area contributed by atoms with Gasteiger partial charge in [-0.15, -0.1) is 0 Å². The van der Waals surface area contributed by atoms with Gasteiger partial charge in [0.1, 0.15) is 11.1 Å². The number of nitrogens with one attached hydrogen (secondary N) is 1. The monoisotopic (exact) mass is 362 g/mol. The molecule has 2 aromatic rings. The van der Waals surface area contributed by atoms with Crippen molar-refractivity contribution in [3.05, 3.63) is 52.7 Å². The molecule has 2 heterocycles. The van der Waals surface area contributed by atoms with Gasteiger partial charge in [-0.2, -0.15) is 0 Å². The maximum atomic E-state index is 12.3. The molecule has 6 nitrogen and oxygen atoms in total. The predicted molar refractivity (Wildman–Crippen MR) is 94.3 cm³/mol. The molecule has 25 heavy (non-hydrogen) atoms. The molecule has 0 bridgehead atoms. The first kappa shape index (κ1) is 17.7. The van der Waals surface area contributed by atoms with Crippen LogP contribution in [0, 0.1) is 0 Å². The lowest BCUT2D eigenvalue weighted by atomic mass is 10.1. The van der Waals surface area contributed by atoms with E-state index in [1.54, 1.807) is 12.1 Å². The van der Waals surface area contributed by atoms with Gasteiger partial charge in [0.25, 0.3) is 5.91 Å². The highest BCUT2D eigenvalue weighted by Crippen LogP contribution is 2.25. The Bertz CT molecular complexity index is 730. The zero-order valence-corrected chi connectivity index (χ0v) is 14.3. The molecule has 1 atom stereocenters. The van der Waals surface area contributed by atoms with Gasteiger partial charge in [-0.25, -0.2) is 4.98 Å². The summed E-state index contributed by atoms with van der Waals surface area (Å²) in [6, 6.07) is 8.83. The van der Waals surface area contributed by atoms with Crippen molar-refractivity contribution in [2.45, 2.75) is 18.9 Å². The minimum atomic E-state index is -0.306. The van der Waals surface area contributed by atoms with Crippen LogP contribution in [0.25, 0.3) is 0 Å². The van der Waals surface area contributed by atoms with E-state index in [0.717, 1.165) is 12.0 Å². The van der Waals surface area contributed by atoms with Gasteiger partial charge < -0.3 is 19.9 Å².